The topological polar surface area (TPSA) is 45.8 Å². The lowest BCUT2D eigenvalue weighted by Gasteiger charge is -1.79. The molecule has 0 aromatic carbocycles. The van der Waals surface area contributed by atoms with Gasteiger partial charge in [0.05, 0.1) is 18.2 Å². The van der Waals surface area contributed by atoms with Crippen molar-refractivity contribution in [3.63, 3.8) is 0 Å². The second-order valence-electron chi connectivity index (χ2n) is 1.81. The van der Waals surface area contributed by atoms with Gasteiger partial charge in [-0.15, -0.1) is 0 Å². The summed E-state index contributed by atoms with van der Waals surface area (Å²) in [7, 11) is 0. The van der Waals surface area contributed by atoms with Gasteiger partial charge in [-0.05, 0) is 6.08 Å². The highest BCUT2D eigenvalue weighted by atomic mass is 16.1. The Balaban J connectivity index is 2.47. The number of aromatic nitrogens is 2. The summed E-state index contributed by atoms with van der Waals surface area (Å²) < 4.78 is 0. The van der Waals surface area contributed by atoms with Gasteiger partial charge >= 0.3 is 0 Å². The maximum Gasteiger partial charge on any atom is 0.123 e. The smallest absolute Gasteiger partial charge is 0.123 e. The predicted octanol–water partition coefficient (Wildman–Crippen LogP) is 1.01. The number of aromatic amines is 1. The highest BCUT2D eigenvalue weighted by Gasteiger charge is 1.82. The van der Waals surface area contributed by atoms with E-state index in [1.165, 1.54) is 0 Å². The molecule has 10 heavy (non-hydrogen) atoms. The van der Waals surface area contributed by atoms with Crippen molar-refractivity contribution >= 4 is 12.4 Å². The van der Waals surface area contributed by atoms with Crippen LogP contribution in [0.3, 0.4) is 0 Å². The Morgan fingerprint density at radius 1 is 1.70 bits per heavy atom. The molecule has 1 rings (SSSR count). The summed E-state index contributed by atoms with van der Waals surface area (Å²) in [5, 5.41) is 0. The molecular formula is C7H8N2O. The number of aldehydes is 1. The molecular weight excluding hydrogens is 128 g/mol. The number of allylic oxidation sites excluding steroid dienone is 1. The van der Waals surface area contributed by atoms with Crippen LogP contribution in [0.15, 0.2) is 18.6 Å². The van der Waals surface area contributed by atoms with Gasteiger partial charge in [0, 0.05) is 6.42 Å². The van der Waals surface area contributed by atoms with E-state index in [-0.39, 0.29) is 0 Å². The van der Waals surface area contributed by atoms with Gasteiger partial charge in [0.2, 0.25) is 0 Å². The van der Waals surface area contributed by atoms with Crippen LogP contribution < -0.4 is 0 Å². The molecule has 0 radical (unpaired) electrons. The van der Waals surface area contributed by atoms with E-state index in [0.717, 1.165) is 12.0 Å². The van der Waals surface area contributed by atoms with Crippen molar-refractivity contribution in [2.45, 2.75) is 6.42 Å². The highest BCUT2D eigenvalue weighted by Crippen LogP contribution is 1.94. The summed E-state index contributed by atoms with van der Waals surface area (Å²) in [6.07, 6.45) is 8.20. The van der Waals surface area contributed by atoms with Gasteiger partial charge in [-0.2, -0.15) is 0 Å². The summed E-state index contributed by atoms with van der Waals surface area (Å²) in [4.78, 5) is 16.5. The summed E-state index contributed by atoms with van der Waals surface area (Å²) in [6, 6.07) is 0. The quantitative estimate of drug-likeness (QED) is 0.630. The van der Waals surface area contributed by atoms with E-state index in [9.17, 15) is 4.79 Å². The summed E-state index contributed by atoms with van der Waals surface area (Å²) in [5.41, 5.74) is 0.918. The Hall–Kier alpha value is -1.38. The molecule has 1 heterocycles. The summed E-state index contributed by atoms with van der Waals surface area (Å²) in [5.74, 6) is 0. The van der Waals surface area contributed by atoms with Gasteiger partial charge in [-0.1, -0.05) is 6.08 Å². The van der Waals surface area contributed by atoms with Crippen LogP contribution in [0.1, 0.15) is 12.1 Å². The lowest BCUT2D eigenvalue weighted by atomic mass is 10.3. The van der Waals surface area contributed by atoms with Crippen LogP contribution in [0, 0.1) is 0 Å². The molecule has 0 fully saturated rings. The van der Waals surface area contributed by atoms with Crippen molar-refractivity contribution in [2.24, 2.45) is 0 Å². The number of imidazole rings is 1. The number of nitrogens with zero attached hydrogens (tertiary/aromatic N) is 1. The zero-order chi connectivity index (χ0) is 7.23. The fraction of sp³-hybridized carbons (Fsp3) is 0.143. The highest BCUT2D eigenvalue weighted by molar-refractivity contribution is 5.56. The molecule has 1 N–H and O–H groups in total. The summed E-state index contributed by atoms with van der Waals surface area (Å²) in [6.45, 7) is 0. The molecule has 52 valence electrons. The van der Waals surface area contributed by atoms with Gasteiger partial charge in [0.1, 0.15) is 6.29 Å². The minimum atomic E-state index is 0.457. The Bertz CT molecular complexity index is 214. The van der Waals surface area contributed by atoms with E-state index >= 15 is 0 Å². The normalized spacial score (nSPS) is 10.4. The molecule has 3 heteroatoms. The first-order chi connectivity index (χ1) is 4.93. The van der Waals surface area contributed by atoms with E-state index in [1.807, 2.05) is 6.08 Å². The molecule has 0 amide bonds. The molecule has 1 aromatic rings. The number of carbonyl (C=O) groups is 1. The van der Waals surface area contributed by atoms with Crippen LogP contribution in [0.25, 0.3) is 6.08 Å². The number of H-pyrrole nitrogens is 1. The third-order valence-electron chi connectivity index (χ3n) is 1.05. The third-order valence-corrected chi connectivity index (χ3v) is 1.05. The molecule has 0 saturated carbocycles. The van der Waals surface area contributed by atoms with Gasteiger partial charge in [-0.25, -0.2) is 4.98 Å². The van der Waals surface area contributed by atoms with E-state index in [0.29, 0.717) is 6.42 Å². The zero-order valence-corrected chi connectivity index (χ0v) is 5.45. The van der Waals surface area contributed by atoms with E-state index in [1.54, 1.807) is 18.6 Å². The largest absolute Gasteiger partial charge is 0.345 e. The van der Waals surface area contributed by atoms with Crippen molar-refractivity contribution in [2.75, 3.05) is 0 Å². The van der Waals surface area contributed by atoms with Crippen LogP contribution in [-0.4, -0.2) is 16.3 Å². The van der Waals surface area contributed by atoms with Crippen LogP contribution in [0.5, 0.6) is 0 Å². The van der Waals surface area contributed by atoms with Gasteiger partial charge in [-0.3, -0.25) is 0 Å². The van der Waals surface area contributed by atoms with E-state index < -0.39 is 0 Å². The second kappa shape index (κ2) is 3.61. The maximum atomic E-state index is 9.86. The van der Waals surface area contributed by atoms with Crippen LogP contribution in [0.2, 0.25) is 0 Å². The standard InChI is InChI=1S/C7H8N2O/c10-4-2-1-3-7-5-8-6-9-7/h1,3-6H,2H2,(H,8,9). The number of hydrogen-bond acceptors (Lipinski definition) is 2. The van der Waals surface area contributed by atoms with E-state index in [4.69, 9.17) is 0 Å². The van der Waals surface area contributed by atoms with Crippen molar-refractivity contribution < 1.29 is 4.79 Å². The first kappa shape index (κ1) is 6.74. The zero-order valence-electron chi connectivity index (χ0n) is 5.45. The predicted molar refractivity (Wildman–Crippen MR) is 38.3 cm³/mol. The monoisotopic (exact) mass is 136 g/mol. The summed E-state index contributed by atoms with van der Waals surface area (Å²) >= 11 is 0. The molecule has 0 saturated heterocycles. The number of carbonyl (C=O) groups excluding carboxylic acids is 1. The fourth-order valence-corrected chi connectivity index (χ4v) is 0.608. The average Bonchev–Trinajstić information content (AvgIpc) is 2.41. The molecule has 1 aromatic heterocycles. The van der Waals surface area contributed by atoms with Crippen LogP contribution in [0.4, 0.5) is 0 Å². The first-order valence-corrected chi connectivity index (χ1v) is 3.02. The van der Waals surface area contributed by atoms with Crippen molar-refractivity contribution in [1.82, 2.24) is 9.97 Å². The second-order valence-corrected chi connectivity index (χ2v) is 1.81. The SMILES string of the molecule is O=CCC=Cc1cnc[nH]1. The fourth-order valence-electron chi connectivity index (χ4n) is 0.608. The third kappa shape index (κ3) is 1.85. The first-order valence-electron chi connectivity index (χ1n) is 3.02. The Morgan fingerprint density at radius 3 is 3.20 bits per heavy atom. The van der Waals surface area contributed by atoms with Crippen molar-refractivity contribution in [3.05, 3.63) is 24.3 Å². The lowest BCUT2D eigenvalue weighted by molar-refractivity contribution is -0.107. The molecule has 0 bridgehead atoms. The number of nitrogens with one attached hydrogen (secondary N) is 1. The van der Waals surface area contributed by atoms with Gasteiger partial charge in [0.25, 0.3) is 0 Å². The van der Waals surface area contributed by atoms with Gasteiger partial charge in [0.15, 0.2) is 0 Å². The Labute approximate surface area is 58.8 Å². The molecule has 0 atom stereocenters. The lowest BCUT2D eigenvalue weighted by Crippen LogP contribution is -1.69. The maximum absolute atomic E-state index is 9.86. The Kier molecular flexibility index (Phi) is 2.43. The minimum absolute atomic E-state index is 0.457. The van der Waals surface area contributed by atoms with Crippen molar-refractivity contribution in [1.29, 1.82) is 0 Å². The van der Waals surface area contributed by atoms with Crippen LogP contribution in [-0.2, 0) is 4.79 Å². The minimum Gasteiger partial charge on any atom is -0.345 e. The molecule has 0 unspecified atom stereocenters. The van der Waals surface area contributed by atoms with Crippen molar-refractivity contribution in [3.8, 4) is 0 Å². The van der Waals surface area contributed by atoms with E-state index in [2.05, 4.69) is 9.97 Å². The molecule has 0 aliphatic rings. The molecule has 0 aliphatic carbocycles. The number of rotatable bonds is 3. The van der Waals surface area contributed by atoms with Crippen LogP contribution >= 0.6 is 0 Å². The Morgan fingerprint density at radius 2 is 2.60 bits per heavy atom. The number of hydrogen-bond donors (Lipinski definition) is 1. The molecule has 3 nitrogen and oxygen atoms in total. The molecule has 0 spiro atoms. The average molecular weight is 136 g/mol. The molecule has 0 aliphatic heterocycles. The van der Waals surface area contributed by atoms with Gasteiger partial charge < -0.3 is 9.78 Å².